The number of methoxy groups -OCH3 is 1. The minimum atomic E-state index is -0.109. The molecule has 96 valence electrons. The molecule has 0 spiro atoms. The van der Waals surface area contributed by atoms with Crippen LogP contribution in [0.15, 0.2) is 18.2 Å². The molecular weight excluding hydrogens is 232 g/mol. The minimum absolute atomic E-state index is 0.109. The smallest absolute Gasteiger partial charge is 0.229 e. The largest absolute Gasteiger partial charge is 0.496 e. The van der Waals surface area contributed by atoms with E-state index in [9.17, 15) is 9.59 Å². The van der Waals surface area contributed by atoms with Crippen LogP contribution in [0.2, 0.25) is 0 Å². The van der Waals surface area contributed by atoms with Crippen LogP contribution in [0.3, 0.4) is 0 Å². The van der Waals surface area contributed by atoms with E-state index in [0.29, 0.717) is 31.7 Å². The molecule has 2 rings (SSSR count). The molecule has 0 bridgehead atoms. The summed E-state index contributed by atoms with van der Waals surface area (Å²) in [6, 6.07) is 5.55. The highest BCUT2D eigenvalue weighted by atomic mass is 16.5. The molecule has 1 saturated heterocycles. The molecule has 1 aliphatic heterocycles. The van der Waals surface area contributed by atoms with Crippen molar-refractivity contribution in [3.63, 3.8) is 0 Å². The number of hydrogen-bond donors (Lipinski definition) is 1. The van der Waals surface area contributed by atoms with Gasteiger partial charge < -0.3 is 10.5 Å². The Labute approximate surface area is 106 Å². The first-order valence-corrected chi connectivity index (χ1v) is 5.84. The Morgan fingerprint density at radius 2 is 1.94 bits per heavy atom. The second-order valence-corrected chi connectivity index (χ2v) is 4.22. The summed E-state index contributed by atoms with van der Waals surface area (Å²) in [4.78, 5) is 24.3. The van der Waals surface area contributed by atoms with Gasteiger partial charge in [-0.3, -0.25) is 14.5 Å². The Kier molecular flexibility index (Phi) is 3.62. The number of imide groups is 1. The number of nitrogens with two attached hydrogens (primary N) is 1. The zero-order valence-electron chi connectivity index (χ0n) is 10.3. The number of ether oxygens (including phenoxy) is 1. The van der Waals surface area contributed by atoms with Crippen LogP contribution in [0.5, 0.6) is 5.75 Å². The van der Waals surface area contributed by atoms with Crippen molar-refractivity contribution in [3.05, 3.63) is 29.3 Å². The highest BCUT2D eigenvalue weighted by molar-refractivity contribution is 6.01. The van der Waals surface area contributed by atoms with E-state index in [-0.39, 0.29) is 11.8 Å². The van der Waals surface area contributed by atoms with Crippen molar-refractivity contribution in [2.75, 3.05) is 7.11 Å². The lowest BCUT2D eigenvalue weighted by molar-refractivity contribution is -0.139. The van der Waals surface area contributed by atoms with Gasteiger partial charge in [0.15, 0.2) is 0 Å². The Hall–Kier alpha value is -1.88. The number of amides is 2. The van der Waals surface area contributed by atoms with Gasteiger partial charge in [0.05, 0.1) is 13.7 Å². The molecule has 1 heterocycles. The predicted molar refractivity (Wildman–Crippen MR) is 65.7 cm³/mol. The molecule has 0 unspecified atom stereocenters. The third kappa shape index (κ3) is 2.36. The second-order valence-electron chi connectivity index (χ2n) is 4.22. The number of rotatable bonds is 4. The van der Waals surface area contributed by atoms with E-state index in [0.717, 1.165) is 11.1 Å². The SMILES string of the molecule is COc1cc(CN2C(=O)CCC2=O)ccc1CN. The van der Waals surface area contributed by atoms with Gasteiger partial charge in [-0.1, -0.05) is 12.1 Å². The van der Waals surface area contributed by atoms with Crippen LogP contribution in [-0.4, -0.2) is 23.8 Å². The highest BCUT2D eigenvalue weighted by Gasteiger charge is 2.28. The van der Waals surface area contributed by atoms with Gasteiger partial charge in [-0.25, -0.2) is 0 Å². The van der Waals surface area contributed by atoms with Gasteiger partial charge in [0, 0.05) is 24.9 Å². The van der Waals surface area contributed by atoms with E-state index in [4.69, 9.17) is 10.5 Å². The Balaban J connectivity index is 2.19. The number of nitrogens with zero attached hydrogens (tertiary/aromatic N) is 1. The summed E-state index contributed by atoms with van der Waals surface area (Å²) in [5.41, 5.74) is 7.36. The van der Waals surface area contributed by atoms with E-state index < -0.39 is 0 Å². The predicted octanol–water partition coefficient (Wildman–Crippen LogP) is 0.803. The number of carbonyl (C=O) groups excluding carboxylic acids is 2. The van der Waals surface area contributed by atoms with Crippen molar-refractivity contribution in [2.45, 2.75) is 25.9 Å². The van der Waals surface area contributed by atoms with Crippen molar-refractivity contribution in [3.8, 4) is 5.75 Å². The fraction of sp³-hybridized carbons (Fsp3) is 0.385. The number of benzene rings is 1. The zero-order chi connectivity index (χ0) is 13.1. The molecule has 1 fully saturated rings. The first kappa shape index (κ1) is 12.6. The van der Waals surface area contributed by atoms with Crippen molar-refractivity contribution in [2.24, 2.45) is 5.73 Å². The molecule has 1 aromatic rings. The standard InChI is InChI=1S/C13H16N2O3/c1-18-11-6-9(2-3-10(11)7-14)8-15-12(16)4-5-13(15)17/h2-3,6H,4-5,7-8,14H2,1H3. The first-order chi connectivity index (χ1) is 8.65. The van der Waals surface area contributed by atoms with Gasteiger partial charge in [0.1, 0.15) is 5.75 Å². The van der Waals surface area contributed by atoms with Crippen LogP contribution < -0.4 is 10.5 Å². The van der Waals surface area contributed by atoms with E-state index >= 15 is 0 Å². The maximum Gasteiger partial charge on any atom is 0.229 e. The molecule has 1 aromatic carbocycles. The number of likely N-dealkylation sites (tertiary alicyclic amines) is 1. The lowest BCUT2D eigenvalue weighted by Crippen LogP contribution is -2.28. The molecular formula is C13H16N2O3. The van der Waals surface area contributed by atoms with Crippen LogP contribution >= 0.6 is 0 Å². The minimum Gasteiger partial charge on any atom is -0.496 e. The van der Waals surface area contributed by atoms with Crippen LogP contribution in [0, 0.1) is 0 Å². The summed E-state index contributed by atoms with van der Waals surface area (Å²) in [7, 11) is 1.57. The fourth-order valence-electron chi connectivity index (χ4n) is 2.04. The summed E-state index contributed by atoms with van der Waals surface area (Å²) in [6.45, 7) is 0.698. The zero-order valence-corrected chi connectivity index (χ0v) is 10.3. The van der Waals surface area contributed by atoms with Crippen LogP contribution in [0.25, 0.3) is 0 Å². The van der Waals surface area contributed by atoms with Gasteiger partial charge >= 0.3 is 0 Å². The van der Waals surface area contributed by atoms with Crippen molar-refractivity contribution >= 4 is 11.8 Å². The van der Waals surface area contributed by atoms with Gasteiger partial charge in [0.25, 0.3) is 0 Å². The molecule has 0 radical (unpaired) electrons. The average molecular weight is 248 g/mol. The Morgan fingerprint density at radius 1 is 1.28 bits per heavy atom. The normalized spacial score (nSPS) is 15.3. The lowest BCUT2D eigenvalue weighted by Gasteiger charge is -2.15. The van der Waals surface area contributed by atoms with Crippen molar-refractivity contribution in [1.29, 1.82) is 0 Å². The van der Waals surface area contributed by atoms with Gasteiger partial charge in [-0.05, 0) is 11.6 Å². The topological polar surface area (TPSA) is 72.6 Å². The third-order valence-corrected chi connectivity index (χ3v) is 3.07. The molecule has 0 atom stereocenters. The number of carbonyl (C=O) groups is 2. The Bertz CT molecular complexity index is 469. The molecule has 18 heavy (non-hydrogen) atoms. The summed E-state index contributed by atoms with van der Waals surface area (Å²) in [5.74, 6) is 0.470. The van der Waals surface area contributed by atoms with Crippen molar-refractivity contribution < 1.29 is 14.3 Å². The summed E-state index contributed by atoms with van der Waals surface area (Å²) in [6.07, 6.45) is 0.633. The summed E-state index contributed by atoms with van der Waals surface area (Å²) >= 11 is 0. The molecule has 2 N–H and O–H groups in total. The third-order valence-electron chi connectivity index (χ3n) is 3.07. The van der Waals surface area contributed by atoms with E-state index in [1.807, 2.05) is 18.2 Å². The van der Waals surface area contributed by atoms with Gasteiger partial charge in [-0.2, -0.15) is 0 Å². The van der Waals surface area contributed by atoms with Crippen LogP contribution in [0.4, 0.5) is 0 Å². The van der Waals surface area contributed by atoms with Gasteiger partial charge in [-0.15, -0.1) is 0 Å². The lowest BCUT2D eigenvalue weighted by atomic mass is 10.1. The molecule has 5 nitrogen and oxygen atoms in total. The maximum absolute atomic E-state index is 11.5. The quantitative estimate of drug-likeness (QED) is 0.800. The molecule has 5 heteroatoms. The molecule has 1 aliphatic rings. The second kappa shape index (κ2) is 5.18. The summed E-state index contributed by atoms with van der Waals surface area (Å²) in [5, 5.41) is 0. The molecule has 0 saturated carbocycles. The first-order valence-electron chi connectivity index (χ1n) is 5.84. The van der Waals surface area contributed by atoms with Gasteiger partial charge in [0.2, 0.25) is 11.8 Å². The van der Waals surface area contributed by atoms with E-state index in [1.165, 1.54) is 4.90 Å². The molecule has 0 aliphatic carbocycles. The van der Waals surface area contributed by atoms with Crippen LogP contribution in [-0.2, 0) is 22.7 Å². The maximum atomic E-state index is 11.5. The molecule has 2 amide bonds. The van der Waals surface area contributed by atoms with E-state index in [1.54, 1.807) is 7.11 Å². The molecule has 0 aromatic heterocycles. The average Bonchev–Trinajstić information content (AvgIpc) is 2.70. The fourth-order valence-corrected chi connectivity index (χ4v) is 2.04. The highest BCUT2D eigenvalue weighted by Crippen LogP contribution is 2.22. The van der Waals surface area contributed by atoms with E-state index in [2.05, 4.69) is 0 Å². The van der Waals surface area contributed by atoms with Crippen molar-refractivity contribution in [1.82, 2.24) is 4.90 Å². The summed E-state index contributed by atoms with van der Waals surface area (Å²) < 4.78 is 5.23. The monoisotopic (exact) mass is 248 g/mol. The number of hydrogen-bond acceptors (Lipinski definition) is 4. The Morgan fingerprint density at radius 3 is 2.50 bits per heavy atom. The van der Waals surface area contributed by atoms with Crippen LogP contribution in [0.1, 0.15) is 24.0 Å².